The van der Waals surface area contributed by atoms with Crippen molar-refractivity contribution < 1.29 is 23.5 Å². The molecule has 0 aliphatic heterocycles. The van der Waals surface area contributed by atoms with Gasteiger partial charge in [-0.25, -0.2) is 4.79 Å². The Bertz CT molecular complexity index is 1270. The third-order valence-corrected chi connectivity index (χ3v) is 6.54. The standard InChI is InChI=1S/C26H33NO6/c1-8-13(2)21(24(29)30)27-20(28)10-9-16-14(3)17-11-18-19(26(5,6)7)12-32-22(18)15(4)23(17)33-25(16)31/h11-13,21H,8-10H2,1-7H3,(H,27,28)(H,29,30)/p-1/t13-,21+/m1/s1. The van der Waals surface area contributed by atoms with Crippen LogP contribution < -0.4 is 16.0 Å². The van der Waals surface area contributed by atoms with E-state index in [1.807, 2.05) is 26.8 Å². The van der Waals surface area contributed by atoms with Gasteiger partial charge in [0.25, 0.3) is 0 Å². The van der Waals surface area contributed by atoms with Crippen LogP contribution in [0.5, 0.6) is 0 Å². The largest absolute Gasteiger partial charge is 0.548 e. The van der Waals surface area contributed by atoms with Crippen LogP contribution >= 0.6 is 0 Å². The van der Waals surface area contributed by atoms with Crippen molar-refractivity contribution in [3.63, 3.8) is 0 Å². The SMILES string of the molecule is CC[C@@H](C)[C@H](NC(=O)CCc1c(C)c2cc3c(C(C)(C)C)coc3c(C)c2oc1=O)C(=O)[O-]. The number of aliphatic carboxylic acids is 1. The number of hydrogen-bond acceptors (Lipinski definition) is 6. The number of carbonyl (C=O) groups is 2. The van der Waals surface area contributed by atoms with Crippen molar-refractivity contribution in [1.29, 1.82) is 0 Å². The molecule has 0 aliphatic carbocycles. The third kappa shape index (κ3) is 4.68. The first-order chi connectivity index (χ1) is 15.4. The maximum atomic E-state index is 12.8. The van der Waals surface area contributed by atoms with E-state index in [2.05, 4.69) is 26.1 Å². The van der Waals surface area contributed by atoms with E-state index in [1.54, 1.807) is 13.2 Å². The van der Waals surface area contributed by atoms with Crippen molar-refractivity contribution in [3.05, 3.63) is 45.0 Å². The second-order valence-corrected chi connectivity index (χ2v) is 9.90. The second kappa shape index (κ2) is 9.04. The van der Waals surface area contributed by atoms with Crippen LogP contribution in [0.4, 0.5) is 0 Å². The average molecular weight is 455 g/mol. The lowest BCUT2D eigenvalue weighted by atomic mass is 9.86. The number of benzene rings is 1. The molecule has 0 saturated carbocycles. The molecule has 3 aromatic rings. The van der Waals surface area contributed by atoms with Gasteiger partial charge in [-0.05, 0) is 43.2 Å². The number of nitrogens with one attached hydrogen (secondary N) is 1. The Morgan fingerprint density at radius 1 is 1.12 bits per heavy atom. The molecular formula is C26H32NO6-. The summed E-state index contributed by atoms with van der Waals surface area (Å²) in [6, 6.07) is 0.919. The molecule has 33 heavy (non-hydrogen) atoms. The molecule has 0 spiro atoms. The van der Waals surface area contributed by atoms with E-state index in [4.69, 9.17) is 8.83 Å². The maximum Gasteiger partial charge on any atom is 0.339 e. The lowest BCUT2D eigenvalue weighted by Crippen LogP contribution is -2.51. The number of furan rings is 1. The van der Waals surface area contributed by atoms with Crippen LogP contribution in [0.1, 0.15) is 69.7 Å². The van der Waals surface area contributed by atoms with Crippen molar-refractivity contribution in [2.45, 2.75) is 79.2 Å². The van der Waals surface area contributed by atoms with Crippen LogP contribution in [0.25, 0.3) is 21.9 Å². The minimum Gasteiger partial charge on any atom is -0.548 e. The van der Waals surface area contributed by atoms with Crippen LogP contribution in [0, 0.1) is 19.8 Å². The predicted molar refractivity (Wildman–Crippen MR) is 125 cm³/mol. The third-order valence-electron chi connectivity index (χ3n) is 6.54. The zero-order valence-corrected chi connectivity index (χ0v) is 20.4. The van der Waals surface area contributed by atoms with Crippen molar-refractivity contribution in [1.82, 2.24) is 5.32 Å². The molecule has 0 aliphatic rings. The van der Waals surface area contributed by atoms with Gasteiger partial charge < -0.3 is 24.1 Å². The van der Waals surface area contributed by atoms with Gasteiger partial charge >= 0.3 is 5.63 Å². The number of amides is 1. The summed E-state index contributed by atoms with van der Waals surface area (Å²) in [5.41, 5.74) is 3.52. The highest BCUT2D eigenvalue weighted by Crippen LogP contribution is 2.37. The van der Waals surface area contributed by atoms with E-state index in [9.17, 15) is 19.5 Å². The molecule has 3 rings (SSSR count). The monoisotopic (exact) mass is 454 g/mol. The summed E-state index contributed by atoms with van der Waals surface area (Å²) < 4.78 is 11.5. The summed E-state index contributed by atoms with van der Waals surface area (Å²) in [5.74, 6) is -2.02. The lowest BCUT2D eigenvalue weighted by Gasteiger charge is -2.25. The number of carboxylic acids is 1. The summed E-state index contributed by atoms with van der Waals surface area (Å²) in [7, 11) is 0. The molecule has 7 nitrogen and oxygen atoms in total. The molecule has 178 valence electrons. The average Bonchev–Trinajstić information content (AvgIpc) is 3.17. The van der Waals surface area contributed by atoms with Crippen molar-refractivity contribution >= 4 is 33.8 Å². The Kier molecular flexibility index (Phi) is 6.73. The van der Waals surface area contributed by atoms with Crippen LogP contribution in [0.3, 0.4) is 0 Å². The van der Waals surface area contributed by atoms with Gasteiger partial charge in [-0.15, -0.1) is 0 Å². The van der Waals surface area contributed by atoms with Gasteiger partial charge in [-0.3, -0.25) is 4.79 Å². The molecular weight excluding hydrogens is 422 g/mol. The van der Waals surface area contributed by atoms with Gasteiger partial charge in [-0.1, -0.05) is 41.0 Å². The summed E-state index contributed by atoms with van der Waals surface area (Å²) in [4.78, 5) is 36.6. The molecule has 0 fully saturated rings. The maximum absolute atomic E-state index is 12.8. The van der Waals surface area contributed by atoms with E-state index < -0.39 is 23.5 Å². The molecule has 1 aromatic carbocycles. The quantitative estimate of drug-likeness (QED) is 0.545. The van der Waals surface area contributed by atoms with Gasteiger partial charge in [0.2, 0.25) is 5.91 Å². The first-order valence-electron chi connectivity index (χ1n) is 11.3. The van der Waals surface area contributed by atoms with Gasteiger partial charge in [0, 0.05) is 33.9 Å². The number of carboxylic acid groups (broad SMARTS) is 1. The lowest BCUT2D eigenvalue weighted by molar-refractivity contribution is -0.309. The first kappa shape index (κ1) is 24.6. The molecule has 1 N–H and O–H groups in total. The zero-order chi connectivity index (χ0) is 24.7. The second-order valence-electron chi connectivity index (χ2n) is 9.90. The topological polar surface area (TPSA) is 113 Å². The summed E-state index contributed by atoms with van der Waals surface area (Å²) in [6.45, 7) is 13.6. The minimum absolute atomic E-state index is 0.0303. The molecule has 7 heteroatoms. The van der Waals surface area contributed by atoms with E-state index in [0.717, 1.165) is 27.5 Å². The van der Waals surface area contributed by atoms with E-state index >= 15 is 0 Å². The Hall–Kier alpha value is -3.09. The minimum atomic E-state index is -1.31. The summed E-state index contributed by atoms with van der Waals surface area (Å²) >= 11 is 0. The highest BCUT2D eigenvalue weighted by Gasteiger charge is 2.24. The van der Waals surface area contributed by atoms with Gasteiger partial charge in [0.15, 0.2) is 0 Å². The molecule has 0 unspecified atom stereocenters. The van der Waals surface area contributed by atoms with Gasteiger partial charge in [0.05, 0.1) is 18.3 Å². The van der Waals surface area contributed by atoms with E-state index in [0.29, 0.717) is 23.2 Å². The molecule has 0 radical (unpaired) electrons. The Morgan fingerprint density at radius 2 is 1.79 bits per heavy atom. The van der Waals surface area contributed by atoms with E-state index in [1.165, 1.54) is 0 Å². The molecule has 2 heterocycles. The summed E-state index contributed by atoms with van der Waals surface area (Å²) in [6.07, 6.45) is 2.45. The number of aryl methyl sites for hydroxylation is 2. The molecule has 2 atom stereocenters. The number of hydrogen-bond donors (Lipinski definition) is 1. The van der Waals surface area contributed by atoms with Crippen molar-refractivity contribution in [3.8, 4) is 0 Å². The Labute approximate surface area is 193 Å². The van der Waals surface area contributed by atoms with Gasteiger partial charge in [-0.2, -0.15) is 0 Å². The molecule has 1 amide bonds. The normalized spacial score (nSPS) is 13.9. The molecule has 2 aromatic heterocycles. The number of fused-ring (bicyclic) bond motifs is 2. The fourth-order valence-corrected chi connectivity index (χ4v) is 4.22. The fraction of sp³-hybridized carbons (Fsp3) is 0.500. The van der Waals surface area contributed by atoms with Crippen LogP contribution in [0.15, 0.2) is 26.0 Å². The summed E-state index contributed by atoms with van der Waals surface area (Å²) in [5, 5.41) is 15.7. The van der Waals surface area contributed by atoms with E-state index in [-0.39, 0.29) is 24.2 Å². The Balaban J connectivity index is 1.97. The van der Waals surface area contributed by atoms with Crippen LogP contribution in [-0.4, -0.2) is 17.9 Å². The fourth-order valence-electron chi connectivity index (χ4n) is 4.22. The van der Waals surface area contributed by atoms with Crippen LogP contribution in [0.2, 0.25) is 0 Å². The van der Waals surface area contributed by atoms with Crippen molar-refractivity contribution in [2.75, 3.05) is 0 Å². The Morgan fingerprint density at radius 3 is 2.36 bits per heavy atom. The van der Waals surface area contributed by atoms with Gasteiger partial charge in [0.1, 0.15) is 11.2 Å². The highest BCUT2D eigenvalue weighted by molar-refractivity contribution is 6.00. The zero-order valence-electron chi connectivity index (χ0n) is 20.4. The predicted octanol–water partition coefficient (Wildman–Crippen LogP) is 3.67. The molecule has 0 saturated heterocycles. The van der Waals surface area contributed by atoms with Crippen molar-refractivity contribution in [2.24, 2.45) is 5.92 Å². The van der Waals surface area contributed by atoms with Crippen LogP contribution in [-0.2, 0) is 21.4 Å². The smallest absolute Gasteiger partial charge is 0.339 e. The number of rotatable bonds is 7. The molecule has 0 bridgehead atoms. The number of carbonyl (C=O) groups excluding carboxylic acids is 2. The highest BCUT2D eigenvalue weighted by atomic mass is 16.4. The first-order valence-corrected chi connectivity index (χ1v) is 11.3.